The number of thiazole rings is 1. The zero-order valence-corrected chi connectivity index (χ0v) is 12.3. The van der Waals surface area contributed by atoms with Crippen molar-refractivity contribution in [2.24, 2.45) is 5.73 Å². The van der Waals surface area contributed by atoms with Crippen LogP contribution in [-0.2, 0) is 11.2 Å². The van der Waals surface area contributed by atoms with Gasteiger partial charge in [-0.2, -0.15) is 0 Å². The molecule has 0 saturated carbocycles. The number of nitrogens with two attached hydrogens (primary N) is 1. The first kappa shape index (κ1) is 14.2. The summed E-state index contributed by atoms with van der Waals surface area (Å²) in [4.78, 5) is 31.3. The number of primary amides is 1. The lowest BCUT2D eigenvalue weighted by Crippen LogP contribution is -2.18. The quantitative estimate of drug-likeness (QED) is 0.769. The molecular formula is C15H12N4O2S. The number of aromatic nitrogens is 2. The van der Waals surface area contributed by atoms with Crippen LogP contribution in [0.25, 0.3) is 10.8 Å². The minimum atomic E-state index is -0.659. The van der Waals surface area contributed by atoms with Crippen LogP contribution < -0.4 is 11.1 Å². The van der Waals surface area contributed by atoms with Gasteiger partial charge in [0.05, 0.1) is 11.9 Å². The highest BCUT2D eigenvalue weighted by molar-refractivity contribution is 7.14. The number of benzene rings is 1. The van der Waals surface area contributed by atoms with E-state index in [-0.39, 0.29) is 18.0 Å². The summed E-state index contributed by atoms with van der Waals surface area (Å²) >= 11 is 1.17. The highest BCUT2D eigenvalue weighted by Gasteiger charge is 2.15. The van der Waals surface area contributed by atoms with Gasteiger partial charge in [0.1, 0.15) is 5.00 Å². The second-order valence-corrected chi connectivity index (χ2v) is 5.49. The molecule has 0 saturated heterocycles. The second kappa shape index (κ2) is 5.90. The summed E-state index contributed by atoms with van der Waals surface area (Å²) in [5.41, 5.74) is 7.66. The van der Waals surface area contributed by atoms with Crippen LogP contribution in [0.1, 0.15) is 16.1 Å². The van der Waals surface area contributed by atoms with Gasteiger partial charge < -0.3 is 11.1 Å². The first-order valence-corrected chi connectivity index (χ1v) is 7.38. The molecule has 3 rings (SSSR count). The summed E-state index contributed by atoms with van der Waals surface area (Å²) in [5, 5.41) is 5.01. The minimum absolute atomic E-state index is 0.0838. The van der Waals surface area contributed by atoms with E-state index in [1.807, 2.05) is 24.3 Å². The van der Waals surface area contributed by atoms with Crippen molar-refractivity contribution in [1.82, 2.24) is 9.97 Å². The van der Waals surface area contributed by atoms with Gasteiger partial charge in [0, 0.05) is 17.8 Å². The Morgan fingerprint density at radius 2 is 2.14 bits per heavy atom. The standard InChI is InChI=1S/C15H12N4O2S/c16-14(21)13-15(22-8-18-13)19-12(20)6-9-2-1-3-10-7-17-5-4-11(9)10/h1-5,7-8H,6H2,(H2,16,21)(H,19,20). The highest BCUT2D eigenvalue weighted by atomic mass is 32.1. The molecule has 0 aliphatic rings. The van der Waals surface area contributed by atoms with E-state index in [2.05, 4.69) is 15.3 Å². The van der Waals surface area contributed by atoms with Gasteiger partial charge in [-0.05, 0) is 17.0 Å². The van der Waals surface area contributed by atoms with Crippen molar-refractivity contribution in [2.45, 2.75) is 6.42 Å². The molecule has 0 aliphatic heterocycles. The van der Waals surface area contributed by atoms with Crippen molar-refractivity contribution in [1.29, 1.82) is 0 Å². The number of rotatable bonds is 4. The van der Waals surface area contributed by atoms with Gasteiger partial charge in [0.25, 0.3) is 5.91 Å². The molecule has 22 heavy (non-hydrogen) atoms. The molecule has 0 atom stereocenters. The smallest absolute Gasteiger partial charge is 0.270 e. The van der Waals surface area contributed by atoms with Crippen LogP contribution in [-0.4, -0.2) is 21.8 Å². The van der Waals surface area contributed by atoms with Crippen LogP contribution in [0.4, 0.5) is 5.00 Å². The Labute approximate surface area is 130 Å². The lowest BCUT2D eigenvalue weighted by Gasteiger charge is -2.07. The van der Waals surface area contributed by atoms with Gasteiger partial charge in [0.15, 0.2) is 5.69 Å². The number of amides is 2. The molecule has 6 nitrogen and oxygen atoms in total. The lowest BCUT2D eigenvalue weighted by molar-refractivity contribution is -0.115. The Morgan fingerprint density at radius 3 is 2.95 bits per heavy atom. The third-order valence-corrected chi connectivity index (χ3v) is 3.92. The van der Waals surface area contributed by atoms with E-state index < -0.39 is 5.91 Å². The molecule has 3 N–H and O–H groups in total. The summed E-state index contributed by atoms with van der Waals surface area (Å²) in [5.74, 6) is -0.885. The van der Waals surface area contributed by atoms with E-state index in [0.717, 1.165) is 16.3 Å². The predicted molar refractivity (Wildman–Crippen MR) is 84.7 cm³/mol. The van der Waals surface area contributed by atoms with Gasteiger partial charge in [-0.1, -0.05) is 18.2 Å². The van der Waals surface area contributed by atoms with Crippen molar-refractivity contribution >= 4 is 38.9 Å². The fraction of sp³-hybridized carbons (Fsp3) is 0.0667. The zero-order valence-electron chi connectivity index (χ0n) is 11.4. The maximum atomic E-state index is 12.2. The summed E-state index contributed by atoms with van der Waals surface area (Å²) in [6.45, 7) is 0. The molecule has 3 aromatic rings. The normalized spacial score (nSPS) is 10.5. The molecule has 0 bridgehead atoms. The SMILES string of the molecule is NC(=O)c1ncsc1NC(=O)Cc1cccc2cnccc12. The summed E-state index contributed by atoms with van der Waals surface area (Å²) in [7, 11) is 0. The van der Waals surface area contributed by atoms with Crippen molar-refractivity contribution < 1.29 is 9.59 Å². The maximum Gasteiger partial charge on any atom is 0.270 e. The van der Waals surface area contributed by atoms with E-state index in [4.69, 9.17) is 5.73 Å². The molecule has 2 aromatic heterocycles. The predicted octanol–water partition coefficient (Wildman–Crippen LogP) is 1.97. The number of hydrogen-bond donors (Lipinski definition) is 2. The van der Waals surface area contributed by atoms with Crippen LogP contribution in [0.5, 0.6) is 0 Å². The second-order valence-electron chi connectivity index (χ2n) is 4.63. The molecule has 1 aromatic carbocycles. The van der Waals surface area contributed by atoms with Gasteiger partial charge in [-0.3, -0.25) is 14.6 Å². The van der Waals surface area contributed by atoms with Crippen LogP contribution in [0.3, 0.4) is 0 Å². The number of nitrogens with one attached hydrogen (secondary N) is 1. The van der Waals surface area contributed by atoms with Crippen LogP contribution in [0.2, 0.25) is 0 Å². The fourth-order valence-corrected chi connectivity index (χ4v) is 2.90. The molecule has 0 aliphatic carbocycles. The third-order valence-electron chi connectivity index (χ3n) is 3.18. The molecule has 0 radical (unpaired) electrons. The Balaban J connectivity index is 1.82. The Morgan fingerprint density at radius 1 is 1.27 bits per heavy atom. The van der Waals surface area contributed by atoms with E-state index in [1.165, 1.54) is 16.8 Å². The summed E-state index contributed by atoms with van der Waals surface area (Å²) in [6, 6.07) is 7.59. The van der Waals surface area contributed by atoms with Crippen molar-refractivity contribution in [2.75, 3.05) is 5.32 Å². The van der Waals surface area contributed by atoms with Gasteiger partial charge in [0.2, 0.25) is 5.91 Å². The number of fused-ring (bicyclic) bond motifs is 1. The van der Waals surface area contributed by atoms with Crippen molar-refractivity contribution in [3.63, 3.8) is 0 Å². The van der Waals surface area contributed by atoms with Gasteiger partial charge in [-0.15, -0.1) is 11.3 Å². The molecule has 0 fully saturated rings. The van der Waals surface area contributed by atoms with E-state index in [0.29, 0.717) is 5.00 Å². The fourth-order valence-electron chi connectivity index (χ4n) is 2.20. The van der Waals surface area contributed by atoms with Gasteiger partial charge in [-0.25, -0.2) is 4.98 Å². The summed E-state index contributed by atoms with van der Waals surface area (Å²) in [6.07, 6.45) is 3.64. The first-order chi connectivity index (χ1) is 10.6. The average Bonchev–Trinajstić information content (AvgIpc) is 2.96. The van der Waals surface area contributed by atoms with Crippen LogP contribution in [0, 0.1) is 0 Å². The zero-order chi connectivity index (χ0) is 15.5. The van der Waals surface area contributed by atoms with E-state index >= 15 is 0 Å². The number of nitrogens with zero attached hydrogens (tertiary/aromatic N) is 2. The van der Waals surface area contributed by atoms with Crippen molar-refractivity contribution in [3.8, 4) is 0 Å². The molecule has 110 valence electrons. The van der Waals surface area contributed by atoms with E-state index in [9.17, 15) is 9.59 Å². The molecule has 7 heteroatoms. The monoisotopic (exact) mass is 312 g/mol. The van der Waals surface area contributed by atoms with Crippen molar-refractivity contribution in [3.05, 3.63) is 53.4 Å². The van der Waals surface area contributed by atoms with Crippen LogP contribution >= 0.6 is 11.3 Å². The van der Waals surface area contributed by atoms with E-state index in [1.54, 1.807) is 12.4 Å². The number of hydrogen-bond acceptors (Lipinski definition) is 5. The number of carbonyl (C=O) groups excluding carboxylic acids is 2. The molecule has 2 amide bonds. The molecule has 0 spiro atoms. The topological polar surface area (TPSA) is 98.0 Å². The average molecular weight is 312 g/mol. The Kier molecular flexibility index (Phi) is 3.80. The molecule has 2 heterocycles. The molecule has 0 unspecified atom stereocenters. The molecular weight excluding hydrogens is 300 g/mol. The maximum absolute atomic E-state index is 12.2. The first-order valence-electron chi connectivity index (χ1n) is 6.50. The van der Waals surface area contributed by atoms with Crippen LogP contribution in [0.15, 0.2) is 42.2 Å². The Hall–Kier alpha value is -2.80. The third kappa shape index (κ3) is 2.79. The number of pyridine rings is 1. The summed E-state index contributed by atoms with van der Waals surface area (Å²) < 4.78 is 0. The number of carbonyl (C=O) groups is 2. The largest absolute Gasteiger partial charge is 0.364 e. The number of anilines is 1. The highest BCUT2D eigenvalue weighted by Crippen LogP contribution is 2.21. The lowest BCUT2D eigenvalue weighted by atomic mass is 10.0. The Bertz CT molecular complexity index is 854. The minimum Gasteiger partial charge on any atom is -0.364 e. The van der Waals surface area contributed by atoms with Gasteiger partial charge >= 0.3 is 0 Å².